The van der Waals surface area contributed by atoms with Crippen molar-refractivity contribution in [3.8, 4) is 27.9 Å². The minimum Gasteiger partial charge on any atom is -0.309 e. The van der Waals surface area contributed by atoms with E-state index in [1.165, 1.54) is 11.1 Å². The number of rotatable bonds is 3. The standard InChI is InChI=1S/C38H23N3OS/c42-37-30-16-8-10-18-36(30)43-38-39-32-23-34-31(22-35(32)41(37)38)29-15-7-9-17-33(29)40(34)28-20-26(24-11-3-1-4-12-24)19-27(21-28)25-13-5-2-6-14-25/h1-23H. The lowest BCUT2D eigenvalue weighted by Gasteiger charge is -2.14. The van der Waals surface area contributed by atoms with E-state index in [2.05, 4.69) is 120 Å². The van der Waals surface area contributed by atoms with Gasteiger partial charge >= 0.3 is 0 Å². The van der Waals surface area contributed by atoms with Gasteiger partial charge in [-0.15, -0.1) is 0 Å². The third kappa shape index (κ3) is 3.69. The van der Waals surface area contributed by atoms with Crippen LogP contribution in [0.1, 0.15) is 0 Å². The smallest absolute Gasteiger partial charge is 0.266 e. The van der Waals surface area contributed by atoms with E-state index in [1.54, 1.807) is 15.7 Å². The molecule has 0 spiro atoms. The van der Waals surface area contributed by atoms with Crippen LogP contribution in [0.3, 0.4) is 0 Å². The fraction of sp³-hybridized carbons (Fsp3) is 0. The van der Waals surface area contributed by atoms with Crippen LogP contribution in [0, 0.1) is 0 Å². The number of benzene rings is 6. The van der Waals surface area contributed by atoms with Crippen LogP contribution in [0.5, 0.6) is 0 Å². The molecule has 0 unspecified atom stereocenters. The molecule has 5 heteroatoms. The van der Waals surface area contributed by atoms with Crippen molar-refractivity contribution < 1.29 is 0 Å². The molecule has 6 aromatic carbocycles. The van der Waals surface area contributed by atoms with Crippen molar-refractivity contribution in [2.75, 3.05) is 0 Å². The summed E-state index contributed by atoms with van der Waals surface area (Å²) in [6.07, 6.45) is 0. The molecule has 9 aromatic rings. The summed E-state index contributed by atoms with van der Waals surface area (Å²) in [5.41, 5.74) is 9.50. The molecule has 0 aliphatic heterocycles. The van der Waals surface area contributed by atoms with Gasteiger partial charge in [-0.2, -0.15) is 0 Å². The van der Waals surface area contributed by atoms with Crippen LogP contribution in [0.2, 0.25) is 0 Å². The number of hydrogen-bond donors (Lipinski definition) is 0. The Morgan fingerprint density at radius 2 is 1.14 bits per heavy atom. The second-order valence-corrected chi connectivity index (χ2v) is 11.9. The number of hydrogen-bond acceptors (Lipinski definition) is 3. The van der Waals surface area contributed by atoms with Crippen LogP contribution in [0.25, 0.3) is 75.8 Å². The van der Waals surface area contributed by atoms with Gasteiger partial charge in [-0.3, -0.25) is 4.79 Å². The van der Waals surface area contributed by atoms with Gasteiger partial charge in [0, 0.05) is 21.2 Å². The van der Waals surface area contributed by atoms with Crippen molar-refractivity contribution in [1.82, 2.24) is 14.0 Å². The molecular formula is C38H23N3OS. The number of fused-ring (bicyclic) bond motifs is 7. The highest BCUT2D eigenvalue weighted by atomic mass is 32.1. The number of nitrogens with zero attached hydrogens (tertiary/aromatic N) is 3. The molecule has 0 amide bonds. The summed E-state index contributed by atoms with van der Waals surface area (Å²) in [6, 6.07) is 48.4. The average molecular weight is 570 g/mol. The molecule has 0 N–H and O–H groups in total. The van der Waals surface area contributed by atoms with E-state index in [0.29, 0.717) is 10.3 Å². The molecule has 0 fully saturated rings. The van der Waals surface area contributed by atoms with E-state index in [9.17, 15) is 4.79 Å². The molecule has 3 heterocycles. The van der Waals surface area contributed by atoms with Crippen molar-refractivity contribution in [2.45, 2.75) is 0 Å². The Labute approximate surface area is 250 Å². The highest BCUT2D eigenvalue weighted by Gasteiger charge is 2.18. The van der Waals surface area contributed by atoms with Gasteiger partial charge < -0.3 is 4.57 Å². The summed E-state index contributed by atoms with van der Waals surface area (Å²) >= 11 is 1.55. The summed E-state index contributed by atoms with van der Waals surface area (Å²) in [6.45, 7) is 0. The molecule has 9 rings (SSSR count). The predicted molar refractivity (Wildman–Crippen MR) is 180 cm³/mol. The summed E-state index contributed by atoms with van der Waals surface area (Å²) in [5, 5.41) is 2.94. The first kappa shape index (κ1) is 24.1. The van der Waals surface area contributed by atoms with Crippen LogP contribution >= 0.6 is 11.3 Å². The normalized spacial score (nSPS) is 11.8. The van der Waals surface area contributed by atoms with Crippen molar-refractivity contribution in [3.05, 3.63) is 150 Å². The zero-order chi connectivity index (χ0) is 28.5. The summed E-state index contributed by atoms with van der Waals surface area (Å²) < 4.78 is 5.06. The first-order valence-electron chi connectivity index (χ1n) is 14.3. The lowest BCUT2D eigenvalue weighted by Crippen LogP contribution is -2.11. The fourth-order valence-electron chi connectivity index (χ4n) is 6.35. The molecule has 0 radical (unpaired) electrons. The van der Waals surface area contributed by atoms with Crippen LogP contribution < -0.4 is 5.56 Å². The highest BCUT2D eigenvalue weighted by Crippen LogP contribution is 2.38. The Balaban J connectivity index is 1.39. The van der Waals surface area contributed by atoms with E-state index in [0.717, 1.165) is 54.4 Å². The van der Waals surface area contributed by atoms with Gasteiger partial charge in [0.15, 0.2) is 4.96 Å². The minimum absolute atomic E-state index is 0.0296. The third-order valence-electron chi connectivity index (χ3n) is 8.33. The van der Waals surface area contributed by atoms with E-state index in [4.69, 9.17) is 4.98 Å². The van der Waals surface area contributed by atoms with Crippen LogP contribution in [0.15, 0.2) is 144 Å². The zero-order valence-corrected chi connectivity index (χ0v) is 23.8. The number of imidazole rings is 1. The minimum atomic E-state index is -0.0296. The number of para-hydroxylation sites is 1. The molecule has 3 aromatic heterocycles. The maximum absolute atomic E-state index is 13.7. The summed E-state index contributed by atoms with van der Waals surface area (Å²) in [4.78, 5) is 19.3. The zero-order valence-electron chi connectivity index (χ0n) is 22.9. The SMILES string of the molecule is O=c1c2ccccc2sc2nc3cc4c(cc3n12)c1ccccc1n4-c1cc(-c2ccccc2)cc(-c2ccccc2)c1. The van der Waals surface area contributed by atoms with Gasteiger partial charge in [-0.05, 0) is 70.8 Å². The number of aromatic nitrogens is 3. The quantitative estimate of drug-likeness (QED) is 0.213. The molecule has 0 aliphatic carbocycles. The molecule has 0 aliphatic rings. The third-order valence-corrected chi connectivity index (χ3v) is 9.36. The van der Waals surface area contributed by atoms with Gasteiger partial charge in [0.1, 0.15) is 0 Å². The largest absolute Gasteiger partial charge is 0.309 e. The van der Waals surface area contributed by atoms with Crippen molar-refractivity contribution in [1.29, 1.82) is 0 Å². The van der Waals surface area contributed by atoms with E-state index < -0.39 is 0 Å². The van der Waals surface area contributed by atoms with Gasteiger partial charge in [0.25, 0.3) is 5.56 Å². The molecule has 202 valence electrons. The Hall–Kier alpha value is -5.52. The second kappa shape index (κ2) is 9.24. The first-order chi connectivity index (χ1) is 21.2. The van der Waals surface area contributed by atoms with Crippen LogP contribution in [0.4, 0.5) is 0 Å². The topological polar surface area (TPSA) is 39.3 Å². The van der Waals surface area contributed by atoms with Gasteiger partial charge in [-0.25, -0.2) is 9.38 Å². The van der Waals surface area contributed by atoms with Gasteiger partial charge in [0.05, 0.1) is 27.5 Å². The maximum Gasteiger partial charge on any atom is 0.266 e. The Morgan fingerprint density at radius 1 is 0.512 bits per heavy atom. The maximum atomic E-state index is 13.7. The van der Waals surface area contributed by atoms with Crippen molar-refractivity contribution in [2.24, 2.45) is 0 Å². The van der Waals surface area contributed by atoms with Gasteiger partial charge in [-0.1, -0.05) is 102 Å². The Bertz CT molecular complexity index is 2520. The lowest BCUT2D eigenvalue weighted by atomic mass is 9.98. The summed E-state index contributed by atoms with van der Waals surface area (Å²) in [7, 11) is 0. The van der Waals surface area contributed by atoms with Gasteiger partial charge in [0.2, 0.25) is 0 Å². The Kier molecular flexibility index (Phi) is 5.18. The molecular weight excluding hydrogens is 547 g/mol. The molecule has 0 atom stereocenters. The van der Waals surface area contributed by atoms with E-state index in [-0.39, 0.29) is 5.56 Å². The first-order valence-corrected chi connectivity index (χ1v) is 15.1. The second-order valence-electron chi connectivity index (χ2n) is 10.8. The molecule has 0 saturated heterocycles. The monoisotopic (exact) mass is 569 g/mol. The predicted octanol–water partition coefficient (Wildman–Crippen LogP) is 9.49. The fourth-order valence-corrected chi connectivity index (χ4v) is 7.37. The van der Waals surface area contributed by atoms with E-state index in [1.807, 2.05) is 24.3 Å². The summed E-state index contributed by atoms with van der Waals surface area (Å²) in [5.74, 6) is 0. The highest BCUT2D eigenvalue weighted by molar-refractivity contribution is 7.23. The molecule has 0 bridgehead atoms. The van der Waals surface area contributed by atoms with Crippen LogP contribution in [-0.2, 0) is 0 Å². The lowest BCUT2D eigenvalue weighted by molar-refractivity contribution is 1.18. The van der Waals surface area contributed by atoms with Crippen molar-refractivity contribution >= 4 is 59.2 Å². The molecule has 0 saturated carbocycles. The van der Waals surface area contributed by atoms with Crippen molar-refractivity contribution in [3.63, 3.8) is 0 Å². The molecule has 43 heavy (non-hydrogen) atoms. The van der Waals surface area contributed by atoms with Crippen LogP contribution in [-0.4, -0.2) is 14.0 Å². The molecule has 4 nitrogen and oxygen atoms in total. The Morgan fingerprint density at radius 3 is 1.86 bits per heavy atom. The van der Waals surface area contributed by atoms with E-state index >= 15 is 0 Å². The average Bonchev–Trinajstić information content (AvgIpc) is 3.59.